The van der Waals surface area contributed by atoms with Crippen LogP contribution in [-0.4, -0.2) is 0 Å². The maximum atomic E-state index is 2.57. The first-order chi connectivity index (χ1) is 31.8. The van der Waals surface area contributed by atoms with Gasteiger partial charge in [0.15, 0.2) is 0 Å². The molecule has 2 aliphatic carbocycles. The monoisotopic (exact) mass is 809 g/mol. The molecule has 12 aromatic rings. The van der Waals surface area contributed by atoms with Gasteiger partial charge in [-0.3, -0.25) is 0 Å². The van der Waals surface area contributed by atoms with Gasteiger partial charge >= 0.3 is 0 Å². The zero-order valence-corrected chi connectivity index (χ0v) is 35.0. The van der Waals surface area contributed by atoms with Gasteiger partial charge in [-0.25, -0.2) is 0 Å². The molecule has 0 unspecified atom stereocenters. The predicted molar refractivity (Wildman–Crippen MR) is 270 cm³/mol. The maximum absolute atomic E-state index is 2.57. The van der Waals surface area contributed by atoms with Crippen molar-refractivity contribution in [2.24, 2.45) is 0 Å². The lowest BCUT2D eigenvalue weighted by atomic mass is 9.70. The van der Waals surface area contributed by atoms with Crippen LogP contribution in [0.3, 0.4) is 0 Å². The average Bonchev–Trinajstić information content (AvgIpc) is 3.83. The Balaban J connectivity index is 1.15. The van der Waals surface area contributed by atoms with E-state index in [0.717, 1.165) is 17.1 Å². The lowest BCUT2D eigenvalue weighted by Gasteiger charge is -2.34. The van der Waals surface area contributed by atoms with E-state index >= 15 is 0 Å². The molecule has 0 aromatic heterocycles. The number of anilines is 3. The number of fused-ring (bicyclic) bond motifs is 18. The molecule has 0 atom stereocenters. The van der Waals surface area contributed by atoms with Gasteiger partial charge in [0, 0.05) is 16.6 Å². The highest BCUT2D eigenvalue weighted by atomic mass is 15.1. The van der Waals surface area contributed by atoms with Crippen molar-refractivity contribution in [1.82, 2.24) is 0 Å². The Kier molecular flexibility index (Phi) is 7.38. The zero-order chi connectivity index (χ0) is 41.9. The Morgan fingerprint density at radius 1 is 0.250 bits per heavy atom. The molecule has 1 nitrogen and oxygen atoms in total. The first kappa shape index (κ1) is 35.3. The van der Waals surface area contributed by atoms with Crippen LogP contribution in [0.5, 0.6) is 0 Å². The van der Waals surface area contributed by atoms with Crippen LogP contribution in [0.2, 0.25) is 0 Å². The third kappa shape index (κ3) is 4.79. The molecule has 0 bridgehead atoms. The van der Waals surface area contributed by atoms with Gasteiger partial charge in [-0.05, 0) is 135 Å². The molecule has 0 saturated carbocycles. The van der Waals surface area contributed by atoms with E-state index in [4.69, 9.17) is 0 Å². The fraction of sp³-hybridized carbons (Fsp3) is 0.0159. The number of rotatable bonds is 4. The molecule has 0 heterocycles. The summed E-state index contributed by atoms with van der Waals surface area (Å²) in [6, 6.07) is 88.8. The van der Waals surface area contributed by atoms with E-state index in [1.54, 1.807) is 0 Å². The smallest absolute Gasteiger partial charge is 0.0726 e. The molecular weight excluding hydrogens is 771 g/mol. The van der Waals surface area contributed by atoms with Crippen LogP contribution in [-0.2, 0) is 5.41 Å². The Morgan fingerprint density at radius 2 is 0.750 bits per heavy atom. The van der Waals surface area contributed by atoms with E-state index in [0.29, 0.717) is 0 Å². The SMILES string of the molecule is c1ccc2c(c1)-c1ccccc1C21c2ccccc2-c2cc(-c3ccc4ccccc4c3)c(N(c3ccc4c5ccccc5c5ccccc5c4c3)c3cccc4ccccc34)cc21. The zero-order valence-electron chi connectivity index (χ0n) is 35.0. The summed E-state index contributed by atoms with van der Waals surface area (Å²) in [6.07, 6.45) is 0. The van der Waals surface area contributed by atoms with Crippen LogP contribution in [0.15, 0.2) is 237 Å². The van der Waals surface area contributed by atoms with E-state index in [1.807, 2.05) is 0 Å². The topological polar surface area (TPSA) is 3.24 Å². The Hall–Kier alpha value is -8.26. The highest BCUT2D eigenvalue weighted by Gasteiger charge is 2.52. The molecule has 0 fully saturated rings. The number of hydrogen-bond donors (Lipinski definition) is 0. The van der Waals surface area contributed by atoms with Gasteiger partial charge in [0.25, 0.3) is 0 Å². The van der Waals surface area contributed by atoms with Crippen LogP contribution in [0.25, 0.3) is 87.2 Å². The van der Waals surface area contributed by atoms with Crippen LogP contribution in [0, 0.1) is 0 Å². The Labute approximate surface area is 371 Å². The number of hydrogen-bond acceptors (Lipinski definition) is 1. The summed E-state index contributed by atoms with van der Waals surface area (Å²) in [5.41, 5.74) is 15.8. The fourth-order valence-electron chi connectivity index (χ4n) is 11.7. The molecule has 2 aliphatic rings. The average molecular weight is 810 g/mol. The molecule has 12 aromatic carbocycles. The first-order valence-electron chi connectivity index (χ1n) is 22.3. The van der Waals surface area contributed by atoms with Crippen molar-refractivity contribution >= 4 is 70.9 Å². The van der Waals surface area contributed by atoms with Crippen molar-refractivity contribution in [3.63, 3.8) is 0 Å². The van der Waals surface area contributed by atoms with Crippen LogP contribution in [0.1, 0.15) is 22.3 Å². The maximum Gasteiger partial charge on any atom is 0.0726 e. The number of nitrogens with zero attached hydrogens (tertiary/aromatic N) is 1. The van der Waals surface area contributed by atoms with Crippen molar-refractivity contribution < 1.29 is 0 Å². The van der Waals surface area contributed by atoms with Gasteiger partial charge < -0.3 is 4.90 Å². The normalized spacial score (nSPS) is 13.1. The highest BCUT2D eigenvalue weighted by molar-refractivity contribution is 6.26. The van der Waals surface area contributed by atoms with Crippen molar-refractivity contribution in [2.45, 2.75) is 5.41 Å². The lowest BCUT2D eigenvalue weighted by Crippen LogP contribution is -2.26. The first-order valence-corrected chi connectivity index (χ1v) is 22.3. The van der Waals surface area contributed by atoms with Crippen molar-refractivity contribution in [2.75, 3.05) is 4.90 Å². The number of benzene rings is 12. The quantitative estimate of drug-likeness (QED) is 0.160. The summed E-state index contributed by atoms with van der Waals surface area (Å²) in [6.45, 7) is 0. The second-order valence-corrected chi connectivity index (χ2v) is 17.5. The summed E-state index contributed by atoms with van der Waals surface area (Å²) in [7, 11) is 0. The van der Waals surface area contributed by atoms with Gasteiger partial charge in [0.2, 0.25) is 0 Å². The molecule has 1 spiro atoms. The van der Waals surface area contributed by atoms with E-state index in [-0.39, 0.29) is 0 Å². The second-order valence-electron chi connectivity index (χ2n) is 17.5. The predicted octanol–water partition coefficient (Wildman–Crippen LogP) is 16.9. The molecule has 0 radical (unpaired) electrons. The van der Waals surface area contributed by atoms with Crippen molar-refractivity contribution in [3.05, 3.63) is 259 Å². The van der Waals surface area contributed by atoms with Crippen LogP contribution >= 0.6 is 0 Å². The molecule has 14 rings (SSSR count). The molecule has 0 saturated heterocycles. The summed E-state index contributed by atoms with van der Waals surface area (Å²) in [4.78, 5) is 2.57. The molecule has 1 heteroatoms. The molecule has 64 heavy (non-hydrogen) atoms. The van der Waals surface area contributed by atoms with Crippen LogP contribution < -0.4 is 4.90 Å². The third-order valence-electron chi connectivity index (χ3n) is 14.4. The van der Waals surface area contributed by atoms with Gasteiger partial charge in [-0.15, -0.1) is 0 Å². The van der Waals surface area contributed by atoms with E-state index in [1.165, 1.54) is 109 Å². The van der Waals surface area contributed by atoms with E-state index < -0.39 is 5.41 Å². The molecule has 0 amide bonds. The van der Waals surface area contributed by atoms with Gasteiger partial charge in [0.05, 0.1) is 16.8 Å². The molecule has 296 valence electrons. The molecule has 0 aliphatic heterocycles. The third-order valence-corrected chi connectivity index (χ3v) is 14.4. The molecule has 0 N–H and O–H groups in total. The standard InChI is InChI=1S/C63H39N/c1-2-18-42-36-43(33-32-40(42)16-1)54-38-56-53-27-11-14-30-59(53)63(57-28-12-9-25-51(57)52-26-10-13-29-58(52)63)60(56)39-62(54)64(61-31-15-19-41-17-3-4-20-45(41)61)44-34-35-50-48-23-6-5-21-46(48)47-22-7-8-24-49(47)55(50)37-44/h1-39H. The van der Waals surface area contributed by atoms with Crippen molar-refractivity contribution in [1.29, 1.82) is 0 Å². The minimum Gasteiger partial charge on any atom is -0.309 e. The molecular formula is C63H39N. The largest absolute Gasteiger partial charge is 0.309 e. The Bertz CT molecular complexity index is 3840. The lowest BCUT2D eigenvalue weighted by molar-refractivity contribution is 0.794. The highest BCUT2D eigenvalue weighted by Crippen LogP contribution is 2.64. The van der Waals surface area contributed by atoms with Crippen LogP contribution in [0.4, 0.5) is 17.1 Å². The minimum absolute atomic E-state index is 0.501. The second kappa shape index (κ2) is 13.4. The minimum atomic E-state index is -0.501. The van der Waals surface area contributed by atoms with E-state index in [2.05, 4.69) is 241 Å². The summed E-state index contributed by atoms with van der Waals surface area (Å²) >= 11 is 0. The summed E-state index contributed by atoms with van der Waals surface area (Å²) in [5, 5.41) is 12.4. The fourth-order valence-corrected chi connectivity index (χ4v) is 11.7. The van der Waals surface area contributed by atoms with Crippen molar-refractivity contribution in [3.8, 4) is 33.4 Å². The van der Waals surface area contributed by atoms with Gasteiger partial charge in [-0.1, -0.05) is 200 Å². The summed E-state index contributed by atoms with van der Waals surface area (Å²) in [5.74, 6) is 0. The summed E-state index contributed by atoms with van der Waals surface area (Å²) < 4.78 is 0. The Morgan fingerprint density at radius 3 is 1.41 bits per heavy atom. The van der Waals surface area contributed by atoms with E-state index in [9.17, 15) is 0 Å². The van der Waals surface area contributed by atoms with Gasteiger partial charge in [0.1, 0.15) is 0 Å². The van der Waals surface area contributed by atoms with Gasteiger partial charge in [-0.2, -0.15) is 0 Å².